The van der Waals surface area contributed by atoms with E-state index in [2.05, 4.69) is 64.1 Å². The summed E-state index contributed by atoms with van der Waals surface area (Å²) in [7, 11) is 0. The number of benzene rings is 6. The number of rotatable bonds is 9. The molecule has 0 saturated heterocycles. The van der Waals surface area contributed by atoms with Gasteiger partial charge in [0.25, 0.3) is 0 Å². The predicted molar refractivity (Wildman–Crippen MR) is 338 cm³/mol. The molecule has 2 unspecified atom stereocenters. The molecule has 6 heterocycles. The number of oxazole rings is 3. The summed E-state index contributed by atoms with van der Waals surface area (Å²) in [6.45, 7) is 5.83. The van der Waals surface area contributed by atoms with E-state index in [0.717, 1.165) is 82.4 Å². The summed E-state index contributed by atoms with van der Waals surface area (Å²) in [4.78, 5) is 92.0. The Balaban J connectivity index is 0.000000124. The van der Waals surface area contributed by atoms with E-state index in [1.54, 1.807) is 36.8 Å². The number of nitriles is 3. The lowest BCUT2D eigenvalue weighted by Gasteiger charge is -2.11. The van der Waals surface area contributed by atoms with Crippen LogP contribution in [-0.4, -0.2) is 47.6 Å². The number of aromatic amines is 3. The molecule has 24 heteroatoms. The fraction of sp³-hybridized carbons (Fsp3) is 0.182. The Morgan fingerprint density at radius 2 is 0.722 bits per heavy atom. The van der Waals surface area contributed by atoms with Gasteiger partial charge in [-0.25, -0.2) is 29.3 Å². The number of fused-ring (bicyclic) bond motifs is 6. The van der Waals surface area contributed by atoms with Crippen molar-refractivity contribution in [3.05, 3.63) is 158 Å². The van der Waals surface area contributed by atoms with Gasteiger partial charge in [-0.15, -0.1) is 0 Å². The molecule has 0 radical (unpaired) electrons. The Morgan fingerprint density at radius 1 is 0.444 bits per heavy atom. The first-order valence-corrected chi connectivity index (χ1v) is 28.4. The van der Waals surface area contributed by atoms with Gasteiger partial charge in [0.05, 0.1) is 70.3 Å². The van der Waals surface area contributed by atoms with Crippen molar-refractivity contribution in [3.8, 4) is 51.6 Å². The molecule has 6 aromatic heterocycles. The molecule has 15 rings (SSSR count). The van der Waals surface area contributed by atoms with Gasteiger partial charge in [-0.3, -0.25) is 29.3 Å². The quantitative estimate of drug-likeness (QED) is 0.0606. The van der Waals surface area contributed by atoms with Crippen molar-refractivity contribution >= 4 is 118 Å². The Labute approximate surface area is 507 Å². The van der Waals surface area contributed by atoms with Crippen molar-refractivity contribution in [3.63, 3.8) is 0 Å². The van der Waals surface area contributed by atoms with Crippen LogP contribution < -0.4 is 50.4 Å². The molecule has 12 N–H and O–H groups in total. The molecular weight excluding hydrogens is 1150 g/mol. The molecule has 0 bridgehead atoms. The molecule has 3 aliphatic rings. The number of amides is 3. The number of nitrogens with zero attached hydrogens (tertiary/aromatic N) is 6. The number of carbonyl (C=O) groups excluding carboxylic acids is 3. The maximum absolute atomic E-state index is 12.2. The van der Waals surface area contributed by atoms with Gasteiger partial charge in [-0.1, -0.05) is 0 Å². The number of nitrogens with one attached hydrogen (secondary N) is 6. The standard InChI is InChI=1S/3C22H17N5O3/c3*1-10-2-18-19(30-22(29)26-18)7-14(10)11-3-12-6-20(25-9-16(12)17(24)5-11)27-21(28)15-4-13(15)8-23/h3*2-3,5-7,9,13,15H,4,24H2,1H3,(H,26,29)(H,25,27,28)/t2*13-,15+;/m10./s1. The summed E-state index contributed by atoms with van der Waals surface area (Å²) in [5.74, 6) is -2.27. The fourth-order valence-electron chi connectivity index (χ4n) is 11.3. The van der Waals surface area contributed by atoms with Crippen molar-refractivity contribution in [1.29, 1.82) is 15.8 Å². The van der Waals surface area contributed by atoms with Crippen LogP contribution in [0.15, 0.2) is 137 Å². The first-order chi connectivity index (χ1) is 43.3. The molecular formula is C66H51N15O9. The van der Waals surface area contributed by atoms with Crippen LogP contribution in [0, 0.1) is 90.3 Å². The summed E-state index contributed by atoms with van der Waals surface area (Å²) in [6.07, 6.45) is 6.64. The van der Waals surface area contributed by atoms with Crippen LogP contribution in [-0.2, 0) is 14.4 Å². The van der Waals surface area contributed by atoms with Gasteiger partial charge in [0.15, 0.2) is 16.7 Å². The van der Waals surface area contributed by atoms with E-state index >= 15 is 0 Å². The number of hydrogen-bond acceptors (Lipinski definition) is 18. The molecule has 90 heavy (non-hydrogen) atoms. The van der Waals surface area contributed by atoms with Gasteiger partial charge >= 0.3 is 17.3 Å². The molecule has 3 amide bonds. The maximum atomic E-state index is 12.2. The molecule has 0 aliphatic heterocycles. The zero-order valence-electron chi connectivity index (χ0n) is 48.1. The average Bonchev–Trinajstić information content (AvgIpc) is 0.934. The number of pyridine rings is 3. The van der Waals surface area contributed by atoms with Gasteiger partial charge in [0.2, 0.25) is 17.7 Å². The number of carbonyl (C=O) groups is 3. The number of aromatic nitrogens is 6. The number of hydrogen-bond donors (Lipinski definition) is 9. The molecule has 444 valence electrons. The largest absolute Gasteiger partial charge is 0.417 e. The van der Waals surface area contributed by atoms with Crippen molar-refractivity contribution in [1.82, 2.24) is 29.9 Å². The Kier molecular flexibility index (Phi) is 14.0. The third-order valence-electron chi connectivity index (χ3n) is 16.5. The van der Waals surface area contributed by atoms with Crippen molar-refractivity contribution < 1.29 is 27.6 Å². The van der Waals surface area contributed by atoms with Gasteiger partial charge in [0.1, 0.15) is 17.5 Å². The lowest BCUT2D eigenvalue weighted by molar-refractivity contribution is -0.118. The van der Waals surface area contributed by atoms with Crippen LogP contribution in [0.1, 0.15) is 36.0 Å². The Bertz CT molecular complexity index is 4860. The summed E-state index contributed by atoms with van der Waals surface area (Å²) in [5, 5.41) is 39.8. The highest BCUT2D eigenvalue weighted by molar-refractivity contribution is 6.04. The summed E-state index contributed by atoms with van der Waals surface area (Å²) >= 11 is 0. The van der Waals surface area contributed by atoms with E-state index in [9.17, 15) is 28.8 Å². The van der Waals surface area contributed by atoms with E-state index in [-0.39, 0.29) is 53.2 Å². The number of anilines is 6. The van der Waals surface area contributed by atoms with E-state index in [1.807, 2.05) is 93.6 Å². The zero-order valence-corrected chi connectivity index (χ0v) is 48.1. The van der Waals surface area contributed by atoms with E-state index in [0.29, 0.717) is 87.1 Å². The predicted octanol–water partition coefficient (Wildman–Crippen LogP) is 9.98. The Morgan fingerprint density at radius 3 is 0.978 bits per heavy atom. The minimum Gasteiger partial charge on any atom is -0.408 e. The highest BCUT2D eigenvalue weighted by Gasteiger charge is 2.45. The zero-order chi connectivity index (χ0) is 63.0. The monoisotopic (exact) mass is 1200 g/mol. The second kappa shape index (κ2) is 22.2. The normalized spacial score (nSPS) is 17.7. The van der Waals surface area contributed by atoms with Crippen LogP contribution >= 0.6 is 0 Å². The van der Waals surface area contributed by atoms with Crippen LogP contribution in [0.25, 0.3) is 99.0 Å². The lowest BCUT2D eigenvalue weighted by atomic mass is 9.97. The smallest absolute Gasteiger partial charge is 0.408 e. The SMILES string of the molecule is Cc1cc2[nH]c(=O)oc2cc1-c1cc(N)c2cnc(NC(=O)C3CC3C#N)cc2c1.Cc1cc2[nH]c(=O)oc2cc1-c1cc(N)c2cnc(NC(=O)[C@@H]3C[C@H]3C#N)cc2c1.Cc1cc2[nH]c(=O)oc2cc1-c1cc(N)c2cnc(NC(=O)[C@H]3C[C@@H]3C#N)cc2c1. The van der Waals surface area contributed by atoms with Crippen molar-refractivity contribution in [2.45, 2.75) is 40.0 Å². The topological polar surface area (TPSA) is 413 Å². The highest BCUT2D eigenvalue weighted by atomic mass is 16.4. The molecule has 12 aromatic rings. The molecule has 3 saturated carbocycles. The van der Waals surface area contributed by atoms with Crippen molar-refractivity contribution in [2.24, 2.45) is 35.5 Å². The number of H-pyrrole nitrogens is 3. The third-order valence-corrected chi connectivity index (χ3v) is 16.5. The van der Waals surface area contributed by atoms with E-state index < -0.39 is 17.3 Å². The molecule has 3 fully saturated rings. The summed E-state index contributed by atoms with van der Waals surface area (Å²) in [5.41, 5.74) is 31.9. The van der Waals surface area contributed by atoms with Crippen LogP contribution in [0.2, 0.25) is 0 Å². The second-order valence-corrected chi connectivity index (χ2v) is 22.8. The lowest BCUT2D eigenvalue weighted by Crippen LogP contribution is -2.15. The summed E-state index contributed by atoms with van der Waals surface area (Å²) in [6, 6.07) is 34.0. The maximum Gasteiger partial charge on any atom is 0.417 e. The number of nitrogen functional groups attached to an aromatic ring is 3. The van der Waals surface area contributed by atoms with Gasteiger partial charge < -0.3 is 46.4 Å². The van der Waals surface area contributed by atoms with Gasteiger partial charge in [-0.05, 0) is 197 Å². The van der Waals surface area contributed by atoms with E-state index in [4.69, 9.17) is 46.2 Å². The van der Waals surface area contributed by atoms with Gasteiger partial charge in [-0.2, -0.15) is 15.8 Å². The molecule has 3 aliphatic carbocycles. The molecule has 6 aromatic carbocycles. The van der Waals surface area contributed by atoms with Crippen LogP contribution in [0.3, 0.4) is 0 Å². The third kappa shape index (κ3) is 11.1. The number of aryl methyl sites for hydroxylation is 3. The van der Waals surface area contributed by atoms with E-state index in [1.165, 1.54) is 0 Å². The first kappa shape index (κ1) is 56.8. The van der Waals surface area contributed by atoms with Crippen LogP contribution in [0.4, 0.5) is 34.5 Å². The number of nitrogens with two attached hydrogens (primary N) is 3. The van der Waals surface area contributed by atoms with Crippen LogP contribution in [0.5, 0.6) is 0 Å². The highest BCUT2D eigenvalue weighted by Crippen LogP contribution is 2.42. The molecule has 24 nitrogen and oxygen atoms in total. The minimum absolute atomic E-state index is 0.193. The summed E-state index contributed by atoms with van der Waals surface area (Å²) < 4.78 is 15.6. The fourth-order valence-corrected chi connectivity index (χ4v) is 11.3. The van der Waals surface area contributed by atoms with Gasteiger partial charge in [0, 0.05) is 51.8 Å². The molecule has 6 atom stereocenters. The first-order valence-electron chi connectivity index (χ1n) is 28.4. The minimum atomic E-state index is -0.500. The second-order valence-electron chi connectivity index (χ2n) is 22.8. The average molecular weight is 1200 g/mol. The Hall–Kier alpha value is -12.4. The van der Waals surface area contributed by atoms with Crippen molar-refractivity contribution in [2.75, 3.05) is 33.2 Å². The molecule has 0 spiro atoms.